The summed E-state index contributed by atoms with van der Waals surface area (Å²) in [5.74, 6) is 1.47. The molecule has 2 aliphatic carbocycles. The molecule has 3 aliphatic heterocycles. The number of piperidine rings is 1. The van der Waals surface area contributed by atoms with E-state index in [1.54, 1.807) is 0 Å². The average molecular weight is 333 g/mol. The SMILES string of the molecule is CN1CCC(C2C=C3N=CC4=C5C(=CC=CN5C3=CC2)CCC4)CC1. The highest BCUT2D eigenvalue weighted by Gasteiger charge is 2.32. The summed E-state index contributed by atoms with van der Waals surface area (Å²) in [5.41, 5.74) is 6.79. The quantitative estimate of drug-likeness (QED) is 0.708. The smallest absolute Gasteiger partial charge is 0.0829 e. The second kappa shape index (κ2) is 6.14. The summed E-state index contributed by atoms with van der Waals surface area (Å²) < 4.78 is 0. The molecule has 130 valence electrons. The van der Waals surface area contributed by atoms with Crippen molar-refractivity contribution in [3.05, 3.63) is 58.7 Å². The van der Waals surface area contributed by atoms with Crippen molar-refractivity contribution in [2.24, 2.45) is 16.8 Å². The van der Waals surface area contributed by atoms with Crippen molar-refractivity contribution in [2.75, 3.05) is 20.1 Å². The molecule has 0 saturated carbocycles. The van der Waals surface area contributed by atoms with Gasteiger partial charge in [0.25, 0.3) is 0 Å². The van der Waals surface area contributed by atoms with E-state index in [0.717, 1.165) is 18.8 Å². The molecule has 0 N–H and O–H groups in total. The minimum Gasteiger partial charge on any atom is -0.315 e. The van der Waals surface area contributed by atoms with Crippen LogP contribution in [0.5, 0.6) is 0 Å². The Morgan fingerprint density at radius 1 is 1.16 bits per heavy atom. The van der Waals surface area contributed by atoms with Crippen LogP contribution in [0.2, 0.25) is 0 Å². The second-order valence-electron chi connectivity index (χ2n) is 8.07. The van der Waals surface area contributed by atoms with E-state index in [2.05, 4.69) is 53.6 Å². The molecular formula is C22H27N3. The number of aliphatic imine (C=N–C) groups is 1. The van der Waals surface area contributed by atoms with Crippen LogP contribution in [-0.4, -0.2) is 36.2 Å². The number of allylic oxidation sites excluding steroid dienone is 6. The zero-order valence-corrected chi connectivity index (χ0v) is 15.1. The molecule has 0 aromatic heterocycles. The van der Waals surface area contributed by atoms with Crippen LogP contribution in [0.3, 0.4) is 0 Å². The van der Waals surface area contributed by atoms with Crippen molar-refractivity contribution in [3.63, 3.8) is 0 Å². The van der Waals surface area contributed by atoms with Crippen molar-refractivity contribution in [1.82, 2.24) is 9.80 Å². The fourth-order valence-electron chi connectivity index (χ4n) is 5.00. The average Bonchev–Trinajstić information content (AvgIpc) is 2.81. The molecule has 0 aromatic rings. The normalized spacial score (nSPS) is 29.6. The first-order chi connectivity index (χ1) is 12.3. The molecule has 5 rings (SSSR count). The summed E-state index contributed by atoms with van der Waals surface area (Å²) in [7, 11) is 2.24. The number of rotatable bonds is 1. The molecular weight excluding hydrogens is 306 g/mol. The highest BCUT2D eigenvalue weighted by molar-refractivity contribution is 5.84. The molecule has 1 unspecified atom stereocenters. The van der Waals surface area contributed by atoms with Crippen LogP contribution < -0.4 is 0 Å². The largest absolute Gasteiger partial charge is 0.315 e. The van der Waals surface area contributed by atoms with Crippen LogP contribution in [0, 0.1) is 11.8 Å². The third-order valence-electron chi connectivity index (χ3n) is 6.48. The lowest BCUT2D eigenvalue weighted by Crippen LogP contribution is -2.33. The Labute approximate surface area is 150 Å². The van der Waals surface area contributed by atoms with E-state index in [0.29, 0.717) is 5.92 Å². The number of fused-ring (bicyclic) bond motifs is 2. The van der Waals surface area contributed by atoms with E-state index < -0.39 is 0 Å². The van der Waals surface area contributed by atoms with Gasteiger partial charge in [0, 0.05) is 12.4 Å². The summed E-state index contributed by atoms with van der Waals surface area (Å²) in [6.07, 6.45) is 21.2. The Bertz CT molecular complexity index is 754. The molecule has 0 amide bonds. The number of likely N-dealkylation sites (tertiary alicyclic amines) is 1. The first-order valence-corrected chi connectivity index (χ1v) is 9.85. The van der Waals surface area contributed by atoms with Gasteiger partial charge in [-0.1, -0.05) is 18.2 Å². The molecule has 1 fully saturated rings. The van der Waals surface area contributed by atoms with Gasteiger partial charge in [0.2, 0.25) is 0 Å². The van der Waals surface area contributed by atoms with Crippen LogP contribution in [0.4, 0.5) is 0 Å². The zero-order valence-electron chi connectivity index (χ0n) is 15.1. The molecule has 3 nitrogen and oxygen atoms in total. The molecule has 1 atom stereocenters. The lowest BCUT2D eigenvalue weighted by molar-refractivity contribution is 0.188. The van der Waals surface area contributed by atoms with Gasteiger partial charge in [-0.2, -0.15) is 0 Å². The number of hydrogen-bond acceptors (Lipinski definition) is 3. The van der Waals surface area contributed by atoms with E-state index in [9.17, 15) is 0 Å². The van der Waals surface area contributed by atoms with E-state index in [4.69, 9.17) is 4.99 Å². The Morgan fingerprint density at radius 2 is 2.04 bits per heavy atom. The van der Waals surface area contributed by atoms with Crippen molar-refractivity contribution >= 4 is 6.21 Å². The predicted octanol–water partition coefficient (Wildman–Crippen LogP) is 4.39. The summed E-state index contributed by atoms with van der Waals surface area (Å²) in [6.45, 7) is 2.48. The van der Waals surface area contributed by atoms with Crippen molar-refractivity contribution in [1.29, 1.82) is 0 Å². The summed E-state index contributed by atoms with van der Waals surface area (Å²) in [5, 5.41) is 0. The van der Waals surface area contributed by atoms with Crippen molar-refractivity contribution in [2.45, 2.75) is 38.5 Å². The summed E-state index contributed by atoms with van der Waals surface area (Å²) in [6, 6.07) is 0. The van der Waals surface area contributed by atoms with Gasteiger partial charge in [-0.3, -0.25) is 4.99 Å². The fourth-order valence-corrected chi connectivity index (χ4v) is 5.00. The maximum Gasteiger partial charge on any atom is 0.0829 e. The highest BCUT2D eigenvalue weighted by atomic mass is 15.2. The minimum absolute atomic E-state index is 0.656. The predicted molar refractivity (Wildman–Crippen MR) is 103 cm³/mol. The zero-order chi connectivity index (χ0) is 16.8. The first kappa shape index (κ1) is 15.4. The maximum atomic E-state index is 4.95. The lowest BCUT2D eigenvalue weighted by atomic mass is 9.79. The summed E-state index contributed by atoms with van der Waals surface area (Å²) in [4.78, 5) is 9.82. The number of nitrogens with zero attached hydrogens (tertiary/aromatic N) is 3. The Hall–Kier alpha value is -1.87. The van der Waals surface area contributed by atoms with Crippen LogP contribution in [0.15, 0.2) is 63.7 Å². The molecule has 0 bridgehead atoms. The highest BCUT2D eigenvalue weighted by Crippen LogP contribution is 2.42. The molecule has 25 heavy (non-hydrogen) atoms. The molecule has 3 heteroatoms. The molecule has 0 spiro atoms. The molecule has 1 saturated heterocycles. The van der Waals surface area contributed by atoms with Crippen LogP contribution in [-0.2, 0) is 0 Å². The molecule has 3 heterocycles. The van der Waals surface area contributed by atoms with E-state index in [1.165, 1.54) is 67.0 Å². The standard InChI is InChI=1S/C22H27N3/c1-24-12-9-16(10-13-24)18-7-8-21-20(14-18)23-15-19-5-2-4-17-6-3-11-25(21)22(17)19/h3,6,8,11,14-16,18H,2,4-5,7,9-10,12-13H2,1H3. The Balaban J connectivity index is 1.46. The molecule has 0 radical (unpaired) electrons. The molecule has 5 aliphatic rings. The van der Waals surface area contributed by atoms with Gasteiger partial charge in [-0.25, -0.2) is 0 Å². The number of hydrogen-bond donors (Lipinski definition) is 0. The van der Waals surface area contributed by atoms with Crippen LogP contribution in [0.1, 0.15) is 38.5 Å². The van der Waals surface area contributed by atoms with Gasteiger partial charge < -0.3 is 9.80 Å². The monoisotopic (exact) mass is 333 g/mol. The van der Waals surface area contributed by atoms with E-state index in [-0.39, 0.29) is 0 Å². The van der Waals surface area contributed by atoms with Gasteiger partial charge in [0.1, 0.15) is 0 Å². The van der Waals surface area contributed by atoms with Crippen LogP contribution in [0.25, 0.3) is 0 Å². The summed E-state index contributed by atoms with van der Waals surface area (Å²) >= 11 is 0. The minimum atomic E-state index is 0.656. The Morgan fingerprint density at radius 3 is 2.92 bits per heavy atom. The topological polar surface area (TPSA) is 18.8 Å². The first-order valence-electron chi connectivity index (χ1n) is 9.85. The van der Waals surface area contributed by atoms with Crippen LogP contribution >= 0.6 is 0 Å². The van der Waals surface area contributed by atoms with Crippen molar-refractivity contribution in [3.8, 4) is 0 Å². The van der Waals surface area contributed by atoms with Gasteiger partial charge in [-0.05, 0) is 87.7 Å². The third-order valence-corrected chi connectivity index (χ3v) is 6.48. The van der Waals surface area contributed by atoms with E-state index in [1.807, 2.05) is 0 Å². The lowest BCUT2D eigenvalue weighted by Gasteiger charge is -2.37. The van der Waals surface area contributed by atoms with Gasteiger partial charge >= 0.3 is 0 Å². The third kappa shape index (κ3) is 2.65. The molecule has 0 aromatic carbocycles. The van der Waals surface area contributed by atoms with Gasteiger partial charge in [0.15, 0.2) is 0 Å². The van der Waals surface area contributed by atoms with Gasteiger partial charge in [-0.15, -0.1) is 0 Å². The maximum absolute atomic E-state index is 4.95. The Kier molecular flexibility index (Phi) is 3.78. The van der Waals surface area contributed by atoms with Gasteiger partial charge in [0.05, 0.1) is 17.1 Å². The fraction of sp³-hybridized carbons (Fsp3) is 0.500. The van der Waals surface area contributed by atoms with E-state index >= 15 is 0 Å². The second-order valence-corrected chi connectivity index (χ2v) is 8.07. The van der Waals surface area contributed by atoms with Crippen molar-refractivity contribution < 1.29 is 0 Å².